The van der Waals surface area contributed by atoms with Crippen LogP contribution in [-0.2, 0) is 14.0 Å². The maximum Gasteiger partial charge on any atom is 0.411 e. The summed E-state index contributed by atoms with van der Waals surface area (Å²) in [6.07, 6.45) is 2.96. The summed E-state index contributed by atoms with van der Waals surface area (Å²) in [7, 11) is -1.12. The molecular weight excluding hydrogens is 250 g/mol. The van der Waals surface area contributed by atoms with Gasteiger partial charge in [0.25, 0.3) is 9.04 Å². The van der Waals surface area contributed by atoms with Gasteiger partial charge in [-0.1, -0.05) is 12.2 Å². The van der Waals surface area contributed by atoms with Crippen molar-refractivity contribution in [1.82, 2.24) is 4.90 Å². The molecule has 1 atom stereocenters. The molecule has 0 fully saturated rings. The Morgan fingerprint density at radius 1 is 1.33 bits per heavy atom. The van der Waals surface area contributed by atoms with E-state index in [1.807, 2.05) is 13.1 Å². The second kappa shape index (κ2) is 5.56. The summed E-state index contributed by atoms with van der Waals surface area (Å²) >= 11 is 0. The lowest BCUT2D eigenvalue weighted by Crippen LogP contribution is -2.45. The third-order valence-electron chi connectivity index (χ3n) is 2.13. The summed E-state index contributed by atoms with van der Waals surface area (Å²) in [5, 5.41) is 0. The first-order chi connectivity index (χ1) is 8.20. The van der Waals surface area contributed by atoms with Gasteiger partial charge >= 0.3 is 12.1 Å². The Balaban J connectivity index is 2.66. The largest absolute Gasteiger partial charge is 0.516 e. The predicted octanol–water partition coefficient (Wildman–Crippen LogP) is 1.96. The SMILES string of the molecule is C[Si](C)OC(=O)[C@@H]1C=CCN1C(=O)OC(C)(C)C. The van der Waals surface area contributed by atoms with Crippen molar-refractivity contribution in [3.63, 3.8) is 0 Å². The standard InChI is InChI=1S/C12H20NO4Si/c1-12(2,3)16-11(15)13-8-6-7-9(13)10(14)17-18(4)5/h6-7,9H,8H2,1-5H3/t9-/m0/s1. The molecule has 18 heavy (non-hydrogen) atoms. The van der Waals surface area contributed by atoms with Gasteiger partial charge in [-0.15, -0.1) is 0 Å². The number of carbonyl (C=O) groups excluding carboxylic acids is 2. The van der Waals surface area contributed by atoms with Crippen molar-refractivity contribution in [3.05, 3.63) is 12.2 Å². The minimum atomic E-state index is -1.12. The van der Waals surface area contributed by atoms with Gasteiger partial charge < -0.3 is 9.16 Å². The van der Waals surface area contributed by atoms with Crippen LogP contribution in [0.5, 0.6) is 0 Å². The van der Waals surface area contributed by atoms with Crippen LogP contribution >= 0.6 is 0 Å². The van der Waals surface area contributed by atoms with E-state index in [4.69, 9.17) is 9.16 Å². The summed E-state index contributed by atoms with van der Waals surface area (Å²) in [4.78, 5) is 25.1. The predicted molar refractivity (Wildman–Crippen MR) is 69.4 cm³/mol. The molecule has 1 amide bonds. The van der Waals surface area contributed by atoms with Crippen molar-refractivity contribution in [2.75, 3.05) is 6.54 Å². The summed E-state index contributed by atoms with van der Waals surface area (Å²) in [6, 6.07) is -0.653. The lowest BCUT2D eigenvalue weighted by molar-refractivity contribution is -0.138. The molecule has 0 aromatic carbocycles. The maximum atomic E-state index is 11.9. The van der Waals surface area contributed by atoms with Crippen molar-refractivity contribution in [1.29, 1.82) is 0 Å². The monoisotopic (exact) mass is 270 g/mol. The van der Waals surface area contributed by atoms with E-state index in [-0.39, 0.29) is 5.97 Å². The van der Waals surface area contributed by atoms with Crippen molar-refractivity contribution in [2.45, 2.75) is 45.5 Å². The van der Waals surface area contributed by atoms with E-state index in [9.17, 15) is 9.59 Å². The molecule has 0 aliphatic carbocycles. The van der Waals surface area contributed by atoms with Crippen LogP contribution < -0.4 is 0 Å². The van der Waals surface area contributed by atoms with Crippen molar-refractivity contribution in [2.24, 2.45) is 0 Å². The Morgan fingerprint density at radius 2 is 1.94 bits per heavy atom. The highest BCUT2D eigenvalue weighted by atomic mass is 28.3. The molecular formula is C12H20NO4Si. The molecule has 0 spiro atoms. The molecule has 0 aromatic heterocycles. The lowest BCUT2D eigenvalue weighted by atomic mass is 10.2. The van der Waals surface area contributed by atoms with Gasteiger partial charge in [-0.05, 0) is 33.9 Å². The number of hydrogen-bond acceptors (Lipinski definition) is 4. The Hall–Kier alpha value is -1.30. The highest BCUT2D eigenvalue weighted by molar-refractivity contribution is 6.50. The van der Waals surface area contributed by atoms with Crippen LogP contribution in [0, 0.1) is 0 Å². The molecule has 0 saturated heterocycles. The smallest absolute Gasteiger partial charge is 0.411 e. The van der Waals surface area contributed by atoms with Crippen LogP contribution in [0.15, 0.2) is 12.2 Å². The molecule has 6 heteroatoms. The molecule has 1 aliphatic rings. The second-order valence-electron chi connectivity index (χ2n) is 5.34. The number of hydrogen-bond donors (Lipinski definition) is 0. The first-order valence-corrected chi connectivity index (χ1v) is 8.29. The number of carbonyl (C=O) groups is 2. The van der Waals surface area contributed by atoms with Gasteiger partial charge in [-0.25, -0.2) is 4.79 Å². The minimum Gasteiger partial charge on any atom is -0.516 e. The van der Waals surface area contributed by atoms with Gasteiger partial charge in [0.05, 0.1) is 0 Å². The van der Waals surface area contributed by atoms with Crippen molar-refractivity contribution < 1.29 is 18.8 Å². The molecule has 0 unspecified atom stereocenters. The zero-order valence-electron chi connectivity index (χ0n) is 11.5. The third-order valence-corrected chi connectivity index (χ3v) is 2.74. The fourth-order valence-corrected chi connectivity index (χ4v) is 2.02. The van der Waals surface area contributed by atoms with E-state index in [2.05, 4.69) is 0 Å². The van der Waals surface area contributed by atoms with E-state index in [0.717, 1.165) is 0 Å². The third kappa shape index (κ3) is 4.18. The average molecular weight is 270 g/mol. The minimum absolute atomic E-state index is 0.379. The summed E-state index contributed by atoms with van der Waals surface area (Å²) in [6.45, 7) is 9.50. The highest BCUT2D eigenvalue weighted by Gasteiger charge is 2.34. The molecule has 1 radical (unpaired) electrons. The maximum absolute atomic E-state index is 11.9. The van der Waals surface area contributed by atoms with E-state index in [0.29, 0.717) is 6.54 Å². The number of nitrogens with zero attached hydrogens (tertiary/aromatic N) is 1. The molecule has 0 N–H and O–H groups in total. The van der Waals surface area contributed by atoms with E-state index < -0.39 is 26.8 Å². The summed E-state index contributed by atoms with van der Waals surface area (Å²) < 4.78 is 10.5. The Labute approximate surface area is 109 Å². The average Bonchev–Trinajstić information content (AvgIpc) is 2.61. The van der Waals surface area contributed by atoms with Crippen LogP contribution in [0.3, 0.4) is 0 Å². The van der Waals surface area contributed by atoms with E-state index in [1.165, 1.54) is 4.90 Å². The van der Waals surface area contributed by atoms with Gasteiger partial charge in [-0.2, -0.15) is 0 Å². The van der Waals surface area contributed by atoms with Gasteiger partial charge in [0, 0.05) is 6.54 Å². The first kappa shape index (κ1) is 14.8. The van der Waals surface area contributed by atoms with Crippen LogP contribution in [0.4, 0.5) is 4.79 Å². The zero-order valence-corrected chi connectivity index (χ0v) is 12.5. The van der Waals surface area contributed by atoms with Crippen molar-refractivity contribution in [3.8, 4) is 0 Å². The molecule has 1 rings (SSSR count). The van der Waals surface area contributed by atoms with Crippen molar-refractivity contribution >= 4 is 21.1 Å². The zero-order chi connectivity index (χ0) is 13.9. The van der Waals surface area contributed by atoms with E-state index >= 15 is 0 Å². The Morgan fingerprint density at radius 3 is 2.44 bits per heavy atom. The topological polar surface area (TPSA) is 55.8 Å². The molecule has 1 heterocycles. The fourth-order valence-electron chi connectivity index (χ4n) is 1.50. The molecule has 5 nitrogen and oxygen atoms in total. The molecule has 0 saturated carbocycles. The summed E-state index contributed by atoms with van der Waals surface area (Å²) in [5.41, 5.74) is -0.571. The van der Waals surface area contributed by atoms with Gasteiger partial charge in [0.1, 0.15) is 5.60 Å². The number of ether oxygens (including phenoxy) is 1. The first-order valence-electron chi connectivity index (χ1n) is 5.89. The fraction of sp³-hybridized carbons (Fsp3) is 0.667. The van der Waals surface area contributed by atoms with E-state index in [1.54, 1.807) is 32.9 Å². The second-order valence-corrected chi connectivity index (χ2v) is 7.36. The molecule has 0 aromatic rings. The van der Waals surface area contributed by atoms with Crippen LogP contribution in [0.1, 0.15) is 20.8 Å². The summed E-state index contributed by atoms with van der Waals surface area (Å²) in [5.74, 6) is -0.381. The normalized spacial score (nSPS) is 19.2. The van der Waals surface area contributed by atoms with Gasteiger partial charge in [0.2, 0.25) is 0 Å². The lowest BCUT2D eigenvalue weighted by Gasteiger charge is -2.27. The van der Waals surface area contributed by atoms with Crippen LogP contribution in [0.25, 0.3) is 0 Å². The molecule has 1 aliphatic heterocycles. The number of amides is 1. The Bertz CT molecular complexity index is 360. The quantitative estimate of drug-likeness (QED) is 0.568. The van der Waals surface area contributed by atoms with Crippen LogP contribution in [-0.4, -0.2) is 44.2 Å². The number of rotatable bonds is 2. The van der Waals surface area contributed by atoms with Gasteiger partial charge in [-0.3, -0.25) is 9.69 Å². The molecule has 101 valence electrons. The highest BCUT2D eigenvalue weighted by Crippen LogP contribution is 2.17. The van der Waals surface area contributed by atoms with Crippen LogP contribution in [0.2, 0.25) is 13.1 Å². The van der Waals surface area contributed by atoms with Gasteiger partial charge in [0.15, 0.2) is 6.04 Å². The Kier molecular flexibility index (Phi) is 4.56. The molecule has 0 bridgehead atoms.